The highest BCUT2D eigenvalue weighted by atomic mass is 32.2. The molecule has 0 aliphatic carbocycles. The van der Waals surface area contributed by atoms with Gasteiger partial charge in [-0.15, -0.1) is 0 Å². The summed E-state index contributed by atoms with van der Waals surface area (Å²) >= 11 is 1.77. The molecule has 1 aromatic carbocycles. The molecule has 6 heteroatoms. The second kappa shape index (κ2) is 5.52. The molecule has 1 atom stereocenters. The second-order valence-corrected chi connectivity index (χ2v) is 5.44. The van der Waals surface area contributed by atoms with Crippen LogP contribution in [0, 0.1) is 0 Å². The molecule has 5 nitrogen and oxygen atoms in total. The molecular formula is C13H15N3O2S. The Morgan fingerprint density at radius 3 is 3.21 bits per heavy atom. The normalized spacial score (nSPS) is 17.4. The van der Waals surface area contributed by atoms with Crippen molar-refractivity contribution in [3.05, 3.63) is 36.0 Å². The Hall–Kier alpha value is -1.69. The van der Waals surface area contributed by atoms with E-state index in [0.717, 1.165) is 28.8 Å². The van der Waals surface area contributed by atoms with Crippen LogP contribution in [0.2, 0.25) is 0 Å². The minimum absolute atomic E-state index is 0.220. The first-order valence-electron chi connectivity index (χ1n) is 6.26. The van der Waals surface area contributed by atoms with E-state index in [1.54, 1.807) is 11.8 Å². The summed E-state index contributed by atoms with van der Waals surface area (Å²) in [6.45, 7) is 2.75. The Morgan fingerprint density at radius 1 is 1.42 bits per heavy atom. The van der Waals surface area contributed by atoms with Crippen LogP contribution in [0.5, 0.6) is 5.75 Å². The summed E-state index contributed by atoms with van der Waals surface area (Å²) in [5, 5.41) is 7.28. The molecule has 1 aliphatic rings. The second-order valence-electron chi connectivity index (χ2n) is 4.17. The van der Waals surface area contributed by atoms with E-state index in [0.29, 0.717) is 12.4 Å². The van der Waals surface area contributed by atoms with E-state index in [9.17, 15) is 0 Å². The molecule has 3 rings (SSSR count). The van der Waals surface area contributed by atoms with Crippen molar-refractivity contribution < 1.29 is 9.26 Å². The summed E-state index contributed by atoms with van der Waals surface area (Å²) in [4.78, 5) is 4.38. The maximum Gasteiger partial charge on any atom is 0.269 e. The highest BCUT2D eigenvalue weighted by Crippen LogP contribution is 2.33. The van der Waals surface area contributed by atoms with Gasteiger partial charge in [-0.25, -0.2) is 0 Å². The van der Waals surface area contributed by atoms with Crippen LogP contribution >= 0.6 is 11.8 Å². The monoisotopic (exact) mass is 277 g/mol. The molecule has 0 saturated carbocycles. The number of thioether (sulfide) groups is 1. The van der Waals surface area contributed by atoms with Gasteiger partial charge in [-0.2, -0.15) is 16.7 Å². The molecule has 0 spiro atoms. The lowest BCUT2D eigenvalue weighted by molar-refractivity contribution is 0.163. The van der Waals surface area contributed by atoms with Gasteiger partial charge in [0.05, 0.1) is 18.0 Å². The van der Waals surface area contributed by atoms with Crippen LogP contribution in [0.15, 0.2) is 28.8 Å². The van der Waals surface area contributed by atoms with Crippen molar-refractivity contribution in [2.24, 2.45) is 0 Å². The van der Waals surface area contributed by atoms with Crippen molar-refractivity contribution in [3.8, 4) is 5.75 Å². The standard InChI is InChI=1S/C13H15N3O2S/c1-2-19-8-12-15-13(18-16-12)11-7-14-9-5-3-4-6-10(9)17-11/h3-6,11,14H,2,7-8H2,1H3. The van der Waals surface area contributed by atoms with Gasteiger partial charge in [0.1, 0.15) is 5.75 Å². The van der Waals surface area contributed by atoms with Crippen LogP contribution in [0.3, 0.4) is 0 Å². The Labute approximate surface area is 115 Å². The zero-order valence-electron chi connectivity index (χ0n) is 10.6. The predicted octanol–water partition coefficient (Wildman–Crippen LogP) is 2.87. The third kappa shape index (κ3) is 2.68. The van der Waals surface area contributed by atoms with Gasteiger partial charge in [-0.05, 0) is 17.9 Å². The van der Waals surface area contributed by atoms with E-state index >= 15 is 0 Å². The van der Waals surface area contributed by atoms with Crippen LogP contribution < -0.4 is 10.1 Å². The number of hydrogen-bond donors (Lipinski definition) is 1. The fraction of sp³-hybridized carbons (Fsp3) is 0.385. The molecule has 1 unspecified atom stereocenters. The summed E-state index contributed by atoms with van der Waals surface area (Å²) in [5.74, 6) is 3.90. The number of ether oxygens (including phenoxy) is 1. The largest absolute Gasteiger partial charge is 0.477 e. The van der Waals surface area contributed by atoms with Gasteiger partial charge in [0, 0.05) is 0 Å². The molecule has 19 heavy (non-hydrogen) atoms. The zero-order valence-corrected chi connectivity index (χ0v) is 11.4. The summed E-state index contributed by atoms with van der Waals surface area (Å²) < 4.78 is 11.1. The Bertz CT molecular complexity index is 558. The third-order valence-electron chi connectivity index (χ3n) is 2.83. The van der Waals surface area contributed by atoms with E-state index in [2.05, 4.69) is 22.4 Å². The first-order chi connectivity index (χ1) is 9.36. The Balaban J connectivity index is 1.72. The van der Waals surface area contributed by atoms with Gasteiger partial charge >= 0.3 is 0 Å². The zero-order chi connectivity index (χ0) is 13.1. The predicted molar refractivity (Wildman–Crippen MR) is 74.4 cm³/mol. The Morgan fingerprint density at radius 2 is 2.32 bits per heavy atom. The number of aromatic nitrogens is 2. The number of benzene rings is 1. The molecule has 0 saturated heterocycles. The molecule has 2 heterocycles. The van der Waals surface area contributed by atoms with Gasteiger partial charge in [0.15, 0.2) is 11.9 Å². The molecule has 100 valence electrons. The molecule has 2 aromatic rings. The number of nitrogens with one attached hydrogen (secondary N) is 1. The molecule has 0 fully saturated rings. The first-order valence-corrected chi connectivity index (χ1v) is 7.42. The molecule has 1 aromatic heterocycles. The molecule has 1 aliphatic heterocycles. The smallest absolute Gasteiger partial charge is 0.269 e. The van der Waals surface area contributed by atoms with E-state index in [1.807, 2.05) is 24.3 Å². The fourth-order valence-corrected chi connectivity index (χ4v) is 2.40. The topological polar surface area (TPSA) is 60.2 Å². The van der Waals surface area contributed by atoms with Gasteiger partial charge < -0.3 is 14.6 Å². The van der Waals surface area contributed by atoms with Crippen LogP contribution in [-0.2, 0) is 5.75 Å². The lowest BCUT2D eigenvalue weighted by Gasteiger charge is -2.24. The highest BCUT2D eigenvalue weighted by molar-refractivity contribution is 7.98. The minimum Gasteiger partial charge on any atom is -0.477 e. The average Bonchev–Trinajstić information content (AvgIpc) is 2.93. The van der Waals surface area contributed by atoms with Crippen molar-refractivity contribution in [2.45, 2.75) is 18.8 Å². The van der Waals surface area contributed by atoms with E-state index < -0.39 is 0 Å². The fourth-order valence-electron chi connectivity index (χ4n) is 1.90. The first kappa shape index (κ1) is 12.3. The van der Waals surface area contributed by atoms with Crippen LogP contribution in [-0.4, -0.2) is 22.4 Å². The number of hydrogen-bond acceptors (Lipinski definition) is 6. The van der Waals surface area contributed by atoms with E-state index in [4.69, 9.17) is 9.26 Å². The number of rotatable bonds is 4. The maximum atomic E-state index is 5.87. The summed E-state index contributed by atoms with van der Waals surface area (Å²) in [6.07, 6.45) is -0.220. The van der Waals surface area contributed by atoms with Gasteiger partial charge in [-0.3, -0.25) is 0 Å². The summed E-state index contributed by atoms with van der Waals surface area (Å²) in [7, 11) is 0. The molecule has 1 N–H and O–H groups in total. The molecular weight excluding hydrogens is 262 g/mol. The SMILES string of the molecule is CCSCc1noc(C2CNc3ccccc3O2)n1. The van der Waals surface area contributed by atoms with Crippen LogP contribution in [0.25, 0.3) is 0 Å². The molecule has 0 bridgehead atoms. The Kier molecular flexibility index (Phi) is 3.59. The van der Waals surface area contributed by atoms with Crippen LogP contribution in [0.4, 0.5) is 5.69 Å². The van der Waals surface area contributed by atoms with Gasteiger partial charge in [0.25, 0.3) is 5.89 Å². The van der Waals surface area contributed by atoms with Gasteiger partial charge in [0.2, 0.25) is 0 Å². The maximum absolute atomic E-state index is 5.87. The highest BCUT2D eigenvalue weighted by Gasteiger charge is 2.25. The summed E-state index contributed by atoms with van der Waals surface area (Å²) in [6, 6.07) is 7.84. The van der Waals surface area contributed by atoms with E-state index in [-0.39, 0.29) is 6.10 Å². The van der Waals surface area contributed by atoms with Crippen LogP contribution in [0.1, 0.15) is 24.7 Å². The third-order valence-corrected chi connectivity index (χ3v) is 3.70. The number of para-hydroxylation sites is 2. The van der Waals surface area contributed by atoms with Gasteiger partial charge in [-0.1, -0.05) is 24.2 Å². The lowest BCUT2D eigenvalue weighted by Crippen LogP contribution is -2.23. The number of fused-ring (bicyclic) bond motifs is 1. The minimum atomic E-state index is -0.220. The number of nitrogens with zero attached hydrogens (tertiary/aromatic N) is 2. The molecule has 0 amide bonds. The average molecular weight is 277 g/mol. The quantitative estimate of drug-likeness (QED) is 0.927. The lowest BCUT2D eigenvalue weighted by atomic mass is 10.2. The van der Waals surface area contributed by atoms with Crippen molar-refractivity contribution in [3.63, 3.8) is 0 Å². The van der Waals surface area contributed by atoms with Crippen molar-refractivity contribution in [2.75, 3.05) is 17.6 Å². The van der Waals surface area contributed by atoms with Crippen molar-refractivity contribution in [1.29, 1.82) is 0 Å². The number of anilines is 1. The van der Waals surface area contributed by atoms with E-state index in [1.165, 1.54) is 0 Å². The van der Waals surface area contributed by atoms with Crippen molar-refractivity contribution in [1.82, 2.24) is 10.1 Å². The summed E-state index contributed by atoms with van der Waals surface area (Å²) in [5.41, 5.74) is 1.00. The van der Waals surface area contributed by atoms with Crippen molar-refractivity contribution >= 4 is 17.4 Å². The molecule has 0 radical (unpaired) electrons.